The number of benzene rings is 2. The van der Waals surface area contributed by atoms with Crippen molar-refractivity contribution in [1.82, 2.24) is 0 Å². The molecule has 0 unspecified atom stereocenters. The van der Waals surface area contributed by atoms with Crippen LogP contribution in [0.15, 0.2) is 53.4 Å². The third kappa shape index (κ3) is 3.28. The average molecular weight is 311 g/mol. The zero-order valence-corrected chi connectivity index (χ0v) is 11.6. The molecule has 0 bridgehead atoms. The summed E-state index contributed by atoms with van der Waals surface area (Å²) >= 11 is 5.71. The minimum absolute atomic E-state index is 0.0440. The van der Waals surface area contributed by atoms with Gasteiger partial charge in [0.25, 0.3) is 10.0 Å². The Labute approximate surface area is 120 Å². The molecule has 0 aliphatic rings. The number of carboxylic acid groups (broad SMARTS) is 1. The highest BCUT2D eigenvalue weighted by Gasteiger charge is 2.13. The van der Waals surface area contributed by atoms with Crippen LogP contribution < -0.4 is 9.83 Å². The van der Waals surface area contributed by atoms with E-state index in [0.717, 1.165) is 0 Å². The highest BCUT2D eigenvalue weighted by atomic mass is 35.5. The molecule has 2 aromatic carbocycles. The molecule has 0 spiro atoms. The lowest BCUT2D eigenvalue weighted by atomic mass is 10.2. The molecule has 0 amide bonds. The predicted octanol–water partition coefficient (Wildman–Crippen LogP) is 1.50. The van der Waals surface area contributed by atoms with Gasteiger partial charge in [0.15, 0.2) is 0 Å². The molecule has 2 aromatic rings. The molecule has 5 nitrogen and oxygen atoms in total. The highest BCUT2D eigenvalue weighted by molar-refractivity contribution is 7.92. The van der Waals surface area contributed by atoms with Crippen LogP contribution in [0.25, 0.3) is 0 Å². The first-order valence-electron chi connectivity index (χ1n) is 5.48. The summed E-state index contributed by atoms with van der Waals surface area (Å²) in [7, 11) is -3.78. The Bertz CT molecular complexity index is 724. The molecule has 2 rings (SSSR count). The van der Waals surface area contributed by atoms with Gasteiger partial charge in [-0.1, -0.05) is 23.7 Å². The van der Waals surface area contributed by atoms with Crippen LogP contribution in [0.2, 0.25) is 5.02 Å². The van der Waals surface area contributed by atoms with E-state index in [1.807, 2.05) is 0 Å². The van der Waals surface area contributed by atoms with Crippen molar-refractivity contribution in [3.05, 3.63) is 59.1 Å². The van der Waals surface area contributed by atoms with E-state index in [0.29, 0.717) is 10.7 Å². The topological polar surface area (TPSA) is 86.3 Å². The molecule has 0 aromatic heterocycles. The van der Waals surface area contributed by atoms with Crippen LogP contribution in [0.4, 0.5) is 5.69 Å². The Morgan fingerprint density at radius 1 is 1.00 bits per heavy atom. The summed E-state index contributed by atoms with van der Waals surface area (Å²) in [6, 6.07) is 10.9. The molecule has 0 saturated heterocycles. The van der Waals surface area contributed by atoms with E-state index < -0.39 is 16.0 Å². The predicted molar refractivity (Wildman–Crippen MR) is 73.0 cm³/mol. The lowest BCUT2D eigenvalue weighted by molar-refractivity contribution is -0.255. The summed E-state index contributed by atoms with van der Waals surface area (Å²) in [6.45, 7) is 0. The smallest absolute Gasteiger partial charge is 0.261 e. The second-order valence-corrected chi connectivity index (χ2v) is 6.04. The number of rotatable bonds is 4. The third-order valence-corrected chi connectivity index (χ3v) is 4.15. The number of carbonyl (C=O) groups is 1. The van der Waals surface area contributed by atoms with Gasteiger partial charge in [0, 0.05) is 10.7 Å². The molecule has 0 aliphatic carbocycles. The summed E-state index contributed by atoms with van der Waals surface area (Å²) in [5.74, 6) is -1.36. The normalized spacial score (nSPS) is 11.1. The highest BCUT2D eigenvalue weighted by Crippen LogP contribution is 2.18. The average Bonchev–Trinajstić information content (AvgIpc) is 2.41. The summed E-state index contributed by atoms with van der Waals surface area (Å²) in [5, 5.41) is 11.1. The molecular weight excluding hydrogens is 302 g/mol. The van der Waals surface area contributed by atoms with Crippen LogP contribution >= 0.6 is 11.6 Å². The van der Waals surface area contributed by atoms with Crippen LogP contribution in [0, 0.1) is 0 Å². The Balaban J connectivity index is 2.26. The Hall–Kier alpha value is -2.05. The van der Waals surface area contributed by atoms with Crippen molar-refractivity contribution in [2.75, 3.05) is 4.72 Å². The van der Waals surface area contributed by atoms with E-state index in [9.17, 15) is 18.3 Å². The summed E-state index contributed by atoms with van der Waals surface area (Å²) in [4.78, 5) is 10.6. The largest absolute Gasteiger partial charge is 0.545 e. The number of carboxylic acids is 1. The van der Waals surface area contributed by atoms with Crippen molar-refractivity contribution in [3.63, 3.8) is 0 Å². The quantitative estimate of drug-likeness (QED) is 0.927. The molecule has 7 heteroatoms. The SMILES string of the molecule is O=C([O-])c1ccc(S(=O)(=O)Nc2ccc(Cl)cc2)cc1. The zero-order chi connectivity index (χ0) is 14.8. The number of aromatic carboxylic acids is 1. The van der Waals surface area contributed by atoms with Gasteiger partial charge in [0.1, 0.15) is 0 Å². The second kappa shape index (κ2) is 5.52. The molecule has 0 radical (unpaired) electrons. The van der Waals surface area contributed by atoms with Gasteiger partial charge in [-0.3, -0.25) is 4.72 Å². The van der Waals surface area contributed by atoms with E-state index in [2.05, 4.69) is 4.72 Å². The van der Waals surface area contributed by atoms with Crippen LogP contribution in [-0.2, 0) is 10.0 Å². The second-order valence-electron chi connectivity index (χ2n) is 3.92. The van der Waals surface area contributed by atoms with E-state index in [1.165, 1.54) is 36.4 Å². The van der Waals surface area contributed by atoms with E-state index in [1.54, 1.807) is 12.1 Å². The molecule has 0 aliphatic heterocycles. The molecule has 0 atom stereocenters. The molecule has 20 heavy (non-hydrogen) atoms. The number of sulfonamides is 1. The monoisotopic (exact) mass is 310 g/mol. The van der Waals surface area contributed by atoms with Crippen molar-refractivity contribution in [2.45, 2.75) is 4.90 Å². The number of hydrogen-bond donors (Lipinski definition) is 1. The number of carbonyl (C=O) groups excluding carboxylic acids is 1. The van der Waals surface area contributed by atoms with Gasteiger partial charge in [-0.05, 0) is 42.0 Å². The molecule has 0 heterocycles. The Morgan fingerprint density at radius 3 is 2.05 bits per heavy atom. The Kier molecular flexibility index (Phi) is 3.96. The minimum atomic E-state index is -3.78. The van der Waals surface area contributed by atoms with Crippen molar-refractivity contribution in [1.29, 1.82) is 0 Å². The number of halogens is 1. The molecular formula is C13H9ClNO4S-. The molecule has 0 saturated carbocycles. The maximum atomic E-state index is 12.1. The first-order chi connectivity index (χ1) is 9.38. The molecule has 0 fully saturated rings. The fourth-order valence-corrected chi connectivity index (χ4v) is 2.69. The van der Waals surface area contributed by atoms with Crippen molar-refractivity contribution < 1.29 is 18.3 Å². The van der Waals surface area contributed by atoms with Gasteiger partial charge in [0.05, 0.1) is 10.9 Å². The molecule has 1 N–H and O–H groups in total. The van der Waals surface area contributed by atoms with Crippen LogP contribution in [0.3, 0.4) is 0 Å². The van der Waals surface area contributed by atoms with Gasteiger partial charge in [0.2, 0.25) is 0 Å². The van der Waals surface area contributed by atoms with Gasteiger partial charge < -0.3 is 9.90 Å². The fraction of sp³-hybridized carbons (Fsp3) is 0. The maximum absolute atomic E-state index is 12.1. The van der Waals surface area contributed by atoms with Crippen molar-refractivity contribution in [3.8, 4) is 0 Å². The Morgan fingerprint density at radius 2 is 1.55 bits per heavy atom. The minimum Gasteiger partial charge on any atom is -0.545 e. The fourth-order valence-electron chi connectivity index (χ4n) is 1.50. The maximum Gasteiger partial charge on any atom is 0.261 e. The first-order valence-corrected chi connectivity index (χ1v) is 7.34. The number of hydrogen-bond acceptors (Lipinski definition) is 4. The van der Waals surface area contributed by atoms with Gasteiger partial charge >= 0.3 is 0 Å². The van der Waals surface area contributed by atoms with E-state index >= 15 is 0 Å². The van der Waals surface area contributed by atoms with E-state index in [-0.39, 0.29) is 10.5 Å². The van der Waals surface area contributed by atoms with Crippen LogP contribution in [-0.4, -0.2) is 14.4 Å². The van der Waals surface area contributed by atoms with Crippen LogP contribution in [0.1, 0.15) is 10.4 Å². The number of anilines is 1. The lowest BCUT2D eigenvalue weighted by Gasteiger charge is -2.09. The summed E-state index contributed by atoms with van der Waals surface area (Å²) < 4.78 is 26.5. The van der Waals surface area contributed by atoms with Gasteiger partial charge in [-0.25, -0.2) is 8.42 Å². The molecule has 104 valence electrons. The first kappa shape index (κ1) is 14.4. The lowest BCUT2D eigenvalue weighted by Crippen LogP contribution is -2.22. The third-order valence-electron chi connectivity index (χ3n) is 2.50. The summed E-state index contributed by atoms with van der Waals surface area (Å²) in [5.41, 5.74) is 0.272. The zero-order valence-electron chi connectivity index (χ0n) is 10.0. The summed E-state index contributed by atoms with van der Waals surface area (Å²) in [6.07, 6.45) is 0. The number of nitrogens with one attached hydrogen (secondary N) is 1. The van der Waals surface area contributed by atoms with Gasteiger partial charge in [-0.15, -0.1) is 0 Å². The van der Waals surface area contributed by atoms with Crippen molar-refractivity contribution >= 4 is 33.3 Å². The van der Waals surface area contributed by atoms with Crippen LogP contribution in [0.5, 0.6) is 0 Å². The van der Waals surface area contributed by atoms with E-state index in [4.69, 9.17) is 11.6 Å². The van der Waals surface area contributed by atoms with Crippen molar-refractivity contribution in [2.24, 2.45) is 0 Å². The standard InChI is InChI=1S/C13H10ClNO4S/c14-10-3-5-11(6-4-10)15-20(18,19)12-7-1-9(2-8-12)13(16)17/h1-8,15H,(H,16,17)/p-1. The van der Waals surface area contributed by atoms with Gasteiger partial charge in [-0.2, -0.15) is 0 Å².